The van der Waals surface area contributed by atoms with Crippen LogP contribution >= 0.6 is 7.26 Å². The molecule has 0 amide bonds. The zero-order valence-corrected chi connectivity index (χ0v) is 27.4. The monoisotopic (exact) mass is 527 g/mol. The summed E-state index contributed by atoms with van der Waals surface area (Å²) in [6.45, 7) is 9.43. The summed E-state index contributed by atoms with van der Waals surface area (Å²) in [5.41, 5.74) is 0. The first-order valence-electron chi connectivity index (χ1n) is 17.7. The second-order valence-corrected chi connectivity index (χ2v) is 17.6. The van der Waals surface area contributed by atoms with E-state index in [4.69, 9.17) is 0 Å². The minimum absolute atomic E-state index is 1.05. The summed E-state index contributed by atoms with van der Waals surface area (Å²) in [6, 6.07) is 0. The van der Waals surface area contributed by atoms with Gasteiger partial charge >= 0.3 is 200 Å². The van der Waals surface area contributed by atoms with Crippen molar-refractivity contribution in [3.05, 3.63) is 0 Å². The molecule has 0 aliphatic carbocycles. The molecule has 0 saturated carbocycles. The van der Waals surface area contributed by atoms with Gasteiger partial charge in [-0.1, -0.05) is 32.6 Å². The van der Waals surface area contributed by atoms with Gasteiger partial charge in [0.05, 0.1) is 0 Å². The van der Waals surface area contributed by atoms with Crippen LogP contribution in [0.5, 0.6) is 0 Å². The molecule has 0 aromatic rings. The van der Waals surface area contributed by atoms with E-state index in [0.29, 0.717) is 0 Å². The topological polar surface area (TPSA) is 0 Å². The van der Waals surface area contributed by atoms with E-state index >= 15 is 0 Å². The van der Waals surface area contributed by atoms with E-state index < -0.39 is 7.26 Å². The molecule has 0 heterocycles. The van der Waals surface area contributed by atoms with Crippen LogP contribution in [0, 0.1) is 0 Å². The van der Waals surface area contributed by atoms with Crippen molar-refractivity contribution in [1.29, 1.82) is 0 Å². The van der Waals surface area contributed by atoms with E-state index in [1.54, 1.807) is 50.3 Å². The second-order valence-electron chi connectivity index (χ2n) is 12.6. The Morgan fingerprint density at radius 1 is 0.222 bits per heavy atom. The van der Waals surface area contributed by atoms with Crippen LogP contribution in [0.4, 0.5) is 0 Å². The minimum atomic E-state index is -1.05. The van der Waals surface area contributed by atoms with Gasteiger partial charge in [-0.3, -0.25) is 0 Å². The fourth-order valence-electron chi connectivity index (χ4n) is 6.40. The molecule has 0 aromatic carbocycles. The van der Waals surface area contributed by atoms with Gasteiger partial charge < -0.3 is 0 Å². The van der Waals surface area contributed by atoms with Crippen LogP contribution in [0.15, 0.2) is 0 Å². The van der Waals surface area contributed by atoms with Gasteiger partial charge in [0, 0.05) is 0 Å². The number of rotatable bonds is 31. The van der Waals surface area contributed by atoms with Crippen LogP contribution < -0.4 is 0 Å². The Bertz CT molecular complexity index is 359. The maximum atomic E-state index is 2.37. The molecule has 0 unspecified atom stereocenters. The van der Waals surface area contributed by atoms with Crippen LogP contribution in [0.1, 0.15) is 201 Å². The Kier molecular flexibility index (Phi) is 30.3. The van der Waals surface area contributed by atoms with Gasteiger partial charge in [0.2, 0.25) is 0 Å². The normalized spacial score (nSPS) is 12.4. The SMILES string of the molecule is CCCCCCCCCCCCCCCCC[PH](CCCCCC)(CCCCCC)CCCCCC. The number of hydrogen-bond donors (Lipinski definition) is 0. The Balaban J connectivity index is 4.18. The summed E-state index contributed by atoms with van der Waals surface area (Å²) >= 11 is 0. The molecule has 0 bridgehead atoms. The third-order valence-electron chi connectivity index (χ3n) is 8.99. The Morgan fingerprint density at radius 3 is 0.611 bits per heavy atom. The summed E-state index contributed by atoms with van der Waals surface area (Å²) in [5.74, 6) is 0. The van der Waals surface area contributed by atoms with E-state index in [2.05, 4.69) is 27.7 Å². The standard InChI is InChI=1S/C35H75P/c1-5-9-13-17-18-19-20-21-22-23-24-25-26-27-31-35-36(32-28-14-10-6-2,33-29-15-11-7-3)34-30-16-12-8-4/h36H,5-35H2,1-4H3. The van der Waals surface area contributed by atoms with Gasteiger partial charge in [0.1, 0.15) is 0 Å². The average Bonchev–Trinajstić information content (AvgIpc) is 2.89. The van der Waals surface area contributed by atoms with E-state index in [0.717, 1.165) is 0 Å². The molecular weight excluding hydrogens is 451 g/mol. The van der Waals surface area contributed by atoms with Crippen molar-refractivity contribution in [2.45, 2.75) is 201 Å². The number of hydrogen-bond acceptors (Lipinski definition) is 0. The van der Waals surface area contributed by atoms with Crippen LogP contribution in [0.25, 0.3) is 0 Å². The van der Waals surface area contributed by atoms with Gasteiger partial charge in [-0.15, -0.1) is 0 Å². The Labute approximate surface area is 232 Å². The molecule has 0 fully saturated rings. The second kappa shape index (κ2) is 30.0. The predicted octanol–water partition coefficient (Wildman–Crippen LogP) is 13.3. The average molecular weight is 527 g/mol. The quantitative estimate of drug-likeness (QED) is 0.0622. The molecule has 36 heavy (non-hydrogen) atoms. The molecule has 1 heteroatoms. The summed E-state index contributed by atoms with van der Waals surface area (Å²) in [6.07, 6.45) is 46.8. The van der Waals surface area contributed by atoms with Crippen molar-refractivity contribution in [2.75, 3.05) is 24.6 Å². The molecule has 220 valence electrons. The molecule has 0 saturated heterocycles. The van der Waals surface area contributed by atoms with Crippen LogP contribution in [-0.2, 0) is 0 Å². The molecule has 0 nitrogen and oxygen atoms in total. The fourth-order valence-corrected chi connectivity index (χ4v) is 11.9. The van der Waals surface area contributed by atoms with Gasteiger partial charge in [-0.25, -0.2) is 0 Å². The van der Waals surface area contributed by atoms with Crippen molar-refractivity contribution >= 4 is 7.26 Å². The third kappa shape index (κ3) is 24.7. The molecule has 0 aliphatic rings. The van der Waals surface area contributed by atoms with Gasteiger partial charge in [0.25, 0.3) is 0 Å². The molecule has 0 aliphatic heterocycles. The van der Waals surface area contributed by atoms with Crippen LogP contribution in [0.2, 0.25) is 0 Å². The van der Waals surface area contributed by atoms with E-state index in [1.165, 1.54) is 148 Å². The summed E-state index contributed by atoms with van der Waals surface area (Å²) in [4.78, 5) is 0. The van der Waals surface area contributed by atoms with E-state index in [-0.39, 0.29) is 0 Å². The maximum absolute atomic E-state index is 2.37. The van der Waals surface area contributed by atoms with E-state index in [9.17, 15) is 0 Å². The molecule has 0 rings (SSSR count). The molecular formula is C35H75P. The zero-order chi connectivity index (χ0) is 26.4. The summed E-state index contributed by atoms with van der Waals surface area (Å²) < 4.78 is 0. The Hall–Kier alpha value is 0.430. The molecule has 0 spiro atoms. The Morgan fingerprint density at radius 2 is 0.389 bits per heavy atom. The zero-order valence-electron chi connectivity index (χ0n) is 26.4. The van der Waals surface area contributed by atoms with Gasteiger partial charge in [-0.05, 0) is 0 Å². The van der Waals surface area contributed by atoms with Crippen molar-refractivity contribution in [3.8, 4) is 0 Å². The van der Waals surface area contributed by atoms with Crippen molar-refractivity contribution in [3.63, 3.8) is 0 Å². The van der Waals surface area contributed by atoms with Crippen LogP contribution in [-0.4, -0.2) is 24.6 Å². The third-order valence-corrected chi connectivity index (χ3v) is 14.6. The van der Waals surface area contributed by atoms with Crippen LogP contribution in [0.3, 0.4) is 0 Å². The van der Waals surface area contributed by atoms with Gasteiger partial charge in [0.15, 0.2) is 0 Å². The predicted molar refractivity (Wildman–Crippen MR) is 175 cm³/mol. The summed E-state index contributed by atoms with van der Waals surface area (Å²) in [5, 5.41) is 0. The van der Waals surface area contributed by atoms with E-state index in [1.807, 2.05) is 0 Å². The van der Waals surface area contributed by atoms with Crippen molar-refractivity contribution in [2.24, 2.45) is 0 Å². The first-order valence-corrected chi connectivity index (χ1v) is 20.6. The van der Waals surface area contributed by atoms with Gasteiger partial charge in [-0.2, -0.15) is 0 Å². The summed E-state index contributed by atoms with van der Waals surface area (Å²) in [7, 11) is -1.05. The molecule has 0 atom stereocenters. The molecule has 0 aromatic heterocycles. The first kappa shape index (κ1) is 36.4. The molecule has 0 N–H and O–H groups in total. The fraction of sp³-hybridized carbons (Fsp3) is 1.00. The molecule has 0 radical (unpaired) electrons. The van der Waals surface area contributed by atoms with Crippen molar-refractivity contribution in [1.82, 2.24) is 0 Å². The first-order chi connectivity index (χ1) is 17.7. The number of unbranched alkanes of at least 4 members (excludes halogenated alkanes) is 23. The van der Waals surface area contributed by atoms with Crippen molar-refractivity contribution < 1.29 is 0 Å².